The third kappa shape index (κ3) is 0.793. The van der Waals surface area contributed by atoms with Crippen LogP contribution in [-0.2, 0) is 0 Å². The van der Waals surface area contributed by atoms with Gasteiger partial charge in [0.2, 0.25) is 0 Å². The summed E-state index contributed by atoms with van der Waals surface area (Å²) in [5, 5.41) is 3.28. The van der Waals surface area contributed by atoms with Crippen LogP contribution in [0.4, 0.5) is 0 Å². The van der Waals surface area contributed by atoms with Crippen LogP contribution >= 0.6 is 0 Å². The molecule has 0 aromatic rings. The smallest absolute Gasteiger partial charge is 0.0570 e. The van der Waals surface area contributed by atoms with Crippen molar-refractivity contribution < 1.29 is 0 Å². The Morgan fingerprint density at radius 3 is 3.56 bits per heavy atom. The Balaban J connectivity index is 2.22. The molecule has 0 amide bonds. The van der Waals surface area contributed by atoms with Crippen molar-refractivity contribution in [3.05, 3.63) is 12.2 Å². The summed E-state index contributed by atoms with van der Waals surface area (Å²) in [4.78, 5) is 4.36. The van der Waals surface area contributed by atoms with E-state index in [1.54, 1.807) is 0 Å². The summed E-state index contributed by atoms with van der Waals surface area (Å²) in [6.07, 6.45) is 4.39. The van der Waals surface area contributed by atoms with Crippen LogP contribution < -0.4 is 5.32 Å². The molecule has 2 aliphatic rings. The van der Waals surface area contributed by atoms with E-state index in [0.717, 1.165) is 19.6 Å². The zero-order valence-electron chi connectivity index (χ0n) is 5.30. The summed E-state index contributed by atoms with van der Waals surface area (Å²) < 4.78 is 0. The number of rotatable bonds is 0. The van der Waals surface area contributed by atoms with Crippen LogP contribution in [0.2, 0.25) is 0 Å². The van der Waals surface area contributed by atoms with Gasteiger partial charge in [-0.25, -0.2) is 0 Å². The predicted molar refractivity (Wildman–Crippen MR) is 37.8 cm³/mol. The first-order valence-corrected chi connectivity index (χ1v) is 3.37. The molecule has 0 saturated carbocycles. The topological polar surface area (TPSA) is 24.4 Å². The molecule has 1 N–H and O–H groups in total. The molecule has 0 radical (unpaired) electrons. The highest BCUT2D eigenvalue weighted by Crippen LogP contribution is 2.10. The van der Waals surface area contributed by atoms with Crippen molar-refractivity contribution in [2.45, 2.75) is 0 Å². The summed E-state index contributed by atoms with van der Waals surface area (Å²) in [6, 6.07) is 0. The van der Waals surface area contributed by atoms with Crippen LogP contribution in [0, 0.1) is 5.92 Å². The minimum atomic E-state index is 0.624. The lowest BCUT2D eigenvalue weighted by atomic mass is 10.0. The molecule has 1 fully saturated rings. The summed E-state index contributed by atoms with van der Waals surface area (Å²) >= 11 is 0. The fourth-order valence-corrected chi connectivity index (χ4v) is 1.35. The van der Waals surface area contributed by atoms with Gasteiger partial charge in [-0.1, -0.05) is 12.2 Å². The monoisotopic (exact) mass is 122 g/mol. The highest BCUT2D eigenvalue weighted by atomic mass is 15.0. The fourth-order valence-electron chi connectivity index (χ4n) is 1.35. The Hall–Kier alpha value is -0.630. The van der Waals surface area contributed by atoms with Crippen LogP contribution in [0.5, 0.6) is 0 Å². The molecule has 1 unspecified atom stereocenters. The summed E-state index contributed by atoms with van der Waals surface area (Å²) in [5.41, 5.74) is 1.34. The van der Waals surface area contributed by atoms with E-state index in [4.69, 9.17) is 0 Å². The molecule has 0 aliphatic carbocycles. The van der Waals surface area contributed by atoms with E-state index in [-0.39, 0.29) is 0 Å². The Morgan fingerprint density at radius 2 is 2.67 bits per heavy atom. The van der Waals surface area contributed by atoms with Crippen molar-refractivity contribution >= 4 is 5.71 Å². The third-order valence-electron chi connectivity index (χ3n) is 1.87. The Labute approximate surface area is 54.7 Å². The molecule has 0 aromatic heterocycles. The van der Waals surface area contributed by atoms with Crippen LogP contribution in [0.1, 0.15) is 0 Å². The van der Waals surface area contributed by atoms with Gasteiger partial charge in [-0.3, -0.25) is 4.99 Å². The highest BCUT2D eigenvalue weighted by molar-refractivity contribution is 5.92. The second-order valence-corrected chi connectivity index (χ2v) is 2.50. The molecular formula is C7H10N2. The van der Waals surface area contributed by atoms with E-state index < -0.39 is 0 Å². The molecule has 2 heterocycles. The van der Waals surface area contributed by atoms with Crippen molar-refractivity contribution in [1.29, 1.82) is 0 Å². The lowest BCUT2D eigenvalue weighted by Gasteiger charge is -2.06. The highest BCUT2D eigenvalue weighted by Gasteiger charge is 2.19. The molecule has 2 rings (SSSR count). The summed E-state index contributed by atoms with van der Waals surface area (Å²) in [5.74, 6) is 0.624. The van der Waals surface area contributed by atoms with Crippen molar-refractivity contribution in [2.75, 3.05) is 19.6 Å². The van der Waals surface area contributed by atoms with Gasteiger partial charge >= 0.3 is 0 Å². The first-order chi connectivity index (χ1) is 4.47. The maximum absolute atomic E-state index is 4.36. The number of nitrogens with zero attached hydrogens (tertiary/aromatic N) is 1. The third-order valence-corrected chi connectivity index (χ3v) is 1.87. The summed E-state index contributed by atoms with van der Waals surface area (Å²) in [6.45, 7) is 3.00. The van der Waals surface area contributed by atoms with Crippen molar-refractivity contribution in [1.82, 2.24) is 5.32 Å². The van der Waals surface area contributed by atoms with Crippen LogP contribution in [0.15, 0.2) is 17.1 Å². The minimum absolute atomic E-state index is 0.624. The predicted octanol–water partition coefficient (Wildman–Crippen LogP) is 0.217. The zero-order valence-corrected chi connectivity index (χ0v) is 5.30. The number of hydrogen-bond donors (Lipinski definition) is 1. The van der Waals surface area contributed by atoms with Gasteiger partial charge in [-0.15, -0.1) is 0 Å². The van der Waals surface area contributed by atoms with Gasteiger partial charge in [0.05, 0.1) is 6.54 Å². The molecule has 1 saturated heterocycles. The molecule has 48 valence electrons. The lowest BCUT2D eigenvalue weighted by Crippen LogP contribution is -2.12. The Kier molecular flexibility index (Phi) is 1.12. The van der Waals surface area contributed by atoms with E-state index in [1.165, 1.54) is 5.71 Å². The molecule has 2 heteroatoms. The maximum Gasteiger partial charge on any atom is 0.0570 e. The molecular weight excluding hydrogens is 112 g/mol. The van der Waals surface area contributed by atoms with E-state index in [9.17, 15) is 0 Å². The van der Waals surface area contributed by atoms with Gasteiger partial charge in [0, 0.05) is 24.7 Å². The van der Waals surface area contributed by atoms with E-state index in [2.05, 4.69) is 22.5 Å². The Bertz CT molecular complexity index is 170. The van der Waals surface area contributed by atoms with Gasteiger partial charge in [0.25, 0.3) is 0 Å². The van der Waals surface area contributed by atoms with Gasteiger partial charge in [0.15, 0.2) is 0 Å². The maximum atomic E-state index is 4.36. The van der Waals surface area contributed by atoms with E-state index >= 15 is 0 Å². The van der Waals surface area contributed by atoms with E-state index in [0.29, 0.717) is 5.92 Å². The normalized spacial score (nSPS) is 32.0. The average Bonchev–Trinajstić information content (AvgIpc) is 2.33. The number of hydrogen-bond acceptors (Lipinski definition) is 2. The quantitative estimate of drug-likeness (QED) is 0.456. The van der Waals surface area contributed by atoms with Crippen LogP contribution in [0.25, 0.3) is 0 Å². The van der Waals surface area contributed by atoms with Crippen LogP contribution in [0.3, 0.4) is 0 Å². The first kappa shape index (κ1) is 5.18. The molecule has 0 bridgehead atoms. The minimum Gasteiger partial charge on any atom is -0.310 e. The summed E-state index contributed by atoms with van der Waals surface area (Å²) in [7, 11) is 0. The van der Waals surface area contributed by atoms with Gasteiger partial charge in [-0.2, -0.15) is 0 Å². The van der Waals surface area contributed by atoms with Crippen LogP contribution in [-0.4, -0.2) is 25.3 Å². The molecule has 0 spiro atoms. The molecule has 2 aliphatic heterocycles. The molecule has 1 atom stereocenters. The van der Waals surface area contributed by atoms with Gasteiger partial charge in [0.1, 0.15) is 0 Å². The number of nitrogens with one attached hydrogen (secondary N) is 1. The largest absolute Gasteiger partial charge is 0.310 e. The van der Waals surface area contributed by atoms with Crippen molar-refractivity contribution in [3.8, 4) is 0 Å². The second kappa shape index (κ2) is 1.95. The van der Waals surface area contributed by atoms with Gasteiger partial charge in [-0.05, 0) is 0 Å². The average molecular weight is 122 g/mol. The standard InChI is InChI=1S/C7H10N2/c1-2-6-4-8-5-7(6)9-3-1/h1-2,6,8H,3-5H2. The SMILES string of the molecule is C1=CC2CNCC2=NC1. The molecule has 9 heavy (non-hydrogen) atoms. The second-order valence-electron chi connectivity index (χ2n) is 2.50. The van der Waals surface area contributed by atoms with Gasteiger partial charge < -0.3 is 5.32 Å². The number of fused-ring (bicyclic) bond motifs is 1. The van der Waals surface area contributed by atoms with Crippen molar-refractivity contribution in [3.63, 3.8) is 0 Å². The molecule has 0 aromatic carbocycles. The Morgan fingerprint density at radius 1 is 1.67 bits per heavy atom. The fraction of sp³-hybridized carbons (Fsp3) is 0.571. The lowest BCUT2D eigenvalue weighted by molar-refractivity contribution is 0.784. The molecule has 2 nitrogen and oxygen atoms in total. The number of dihydropyridines is 1. The first-order valence-electron chi connectivity index (χ1n) is 3.37. The van der Waals surface area contributed by atoms with E-state index in [1.807, 2.05) is 0 Å². The van der Waals surface area contributed by atoms with Crippen molar-refractivity contribution in [2.24, 2.45) is 10.9 Å². The number of aliphatic imine (C=N–C) groups is 1. The zero-order chi connectivity index (χ0) is 6.10.